The summed E-state index contributed by atoms with van der Waals surface area (Å²) in [6, 6.07) is 7.53. The fourth-order valence-electron chi connectivity index (χ4n) is 2.64. The molecule has 0 spiro atoms. The molecule has 1 amide bonds. The number of aromatic nitrogens is 2. The van der Waals surface area contributed by atoms with Gasteiger partial charge in [0, 0.05) is 5.38 Å². The van der Waals surface area contributed by atoms with Gasteiger partial charge < -0.3 is 14.3 Å². The largest absolute Gasteiger partial charge is 0.457 e. The molecule has 0 aliphatic carbocycles. The number of para-hydroxylation sites is 1. The first-order valence-electron chi connectivity index (χ1n) is 11.6. The van der Waals surface area contributed by atoms with E-state index in [1.165, 1.54) is 25.2 Å². The predicted molar refractivity (Wildman–Crippen MR) is 150 cm³/mol. The molecular weight excluding hydrogens is 548 g/mol. The number of benzene rings is 1. The van der Waals surface area contributed by atoms with Gasteiger partial charge in [0.05, 0.1) is 10.2 Å². The van der Waals surface area contributed by atoms with Crippen molar-refractivity contribution < 1.29 is 28.7 Å². The fraction of sp³-hybridized carbons (Fsp3) is 0.440. The lowest BCUT2D eigenvalue weighted by atomic mass is 10.1. The van der Waals surface area contributed by atoms with E-state index in [2.05, 4.69) is 20.4 Å². The third-order valence-electron chi connectivity index (χ3n) is 4.26. The molecule has 3 rings (SSSR count). The number of anilines is 1. The first-order chi connectivity index (χ1) is 17.5. The zero-order chi connectivity index (χ0) is 28.3. The van der Waals surface area contributed by atoms with Gasteiger partial charge in [-0.1, -0.05) is 17.3 Å². The van der Waals surface area contributed by atoms with Crippen LogP contribution in [0, 0.1) is 0 Å². The van der Waals surface area contributed by atoms with E-state index in [-0.39, 0.29) is 16.5 Å². The summed E-state index contributed by atoms with van der Waals surface area (Å²) in [5, 5.41) is 7.83. The number of hydrogen-bond donors (Lipinski definition) is 1. The van der Waals surface area contributed by atoms with Gasteiger partial charge in [-0.2, -0.15) is 0 Å². The Hall–Kier alpha value is -3.03. The van der Waals surface area contributed by atoms with Crippen molar-refractivity contribution in [2.24, 2.45) is 5.16 Å². The Morgan fingerprint density at radius 2 is 1.61 bits per heavy atom. The van der Waals surface area contributed by atoms with Gasteiger partial charge in [0.1, 0.15) is 16.9 Å². The number of nitrogens with one attached hydrogen (secondary N) is 1. The molecule has 0 saturated heterocycles. The van der Waals surface area contributed by atoms with Crippen molar-refractivity contribution in [1.82, 2.24) is 9.97 Å². The maximum Gasteiger partial charge on any atom is 0.413 e. The number of thiazole rings is 2. The second-order valence-corrected chi connectivity index (χ2v) is 13.7. The van der Waals surface area contributed by atoms with Crippen molar-refractivity contribution in [1.29, 1.82) is 0 Å². The number of thioether (sulfide) groups is 1. The predicted octanol–water partition coefficient (Wildman–Crippen LogP) is 6.26. The van der Waals surface area contributed by atoms with E-state index in [4.69, 9.17) is 14.3 Å². The van der Waals surface area contributed by atoms with Crippen LogP contribution in [0.5, 0.6) is 0 Å². The summed E-state index contributed by atoms with van der Waals surface area (Å²) in [5.41, 5.74) is -2.15. The van der Waals surface area contributed by atoms with Crippen LogP contribution in [0.3, 0.4) is 0 Å². The van der Waals surface area contributed by atoms with Gasteiger partial charge in [0.25, 0.3) is 0 Å². The van der Waals surface area contributed by atoms with Crippen LogP contribution >= 0.6 is 34.4 Å². The molecule has 0 fully saturated rings. The fourth-order valence-corrected chi connectivity index (χ4v) is 5.22. The average molecular weight is 579 g/mol. The van der Waals surface area contributed by atoms with Crippen LogP contribution in [0.4, 0.5) is 9.93 Å². The highest BCUT2D eigenvalue weighted by Gasteiger charge is 2.36. The number of nitrogens with zero attached hydrogens (tertiary/aromatic N) is 3. The molecule has 1 N–H and O–H groups in total. The van der Waals surface area contributed by atoms with Crippen LogP contribution in [0.1, 0.15) is 61.1 Å². The second-order valence-electron chi connectivity index (χ2n) is 10.5. The van der Waals surface area contributed by atoms with Crippen LogP contribution in [0.2, 0.25) is 0 Å². The second kappa shape index (κ2) is 11.4. The first-order valence-corrected chi connectivity index (χ1v) is 14.1. The Balaban J connectivity index is 1.88. The van der Waals surface area contributed by atoms with E-state index in [9.17, 15) is 14.4 Å². The number of ether oxygens (including phenoxy) is 2. The monoisotopic (exact) mass is 578 g/mol. The van der Waals surface area contributed by atoms with Crippen molar-refractivity contribution in [2.45, 2.75) is 76.5 Å². The Kier molecular flexibility index (Phi) is 8.84. The smallest absolute Gasteiger partial charge is 0.413 e. The molecule has 0 atom stereocenters. The molecule has 1 aromatic carbocycles. The first kappa shape index (κ1) is 29.5. The van der Waals surface area contributed by atoms with Gasteiger partial charge in [-0.3, -0.25) is 10.1 Å². The topological polar surface area (TPSA) is 129 Å². The lowest BCUT2D eigenvalue weighted by Gasteiger charge is -2.26. The van der Waals surface area contributed by atoms with Crippen LogP contribution in [0.15, 0.2) is 39.1 Å². The number of amides is 1. The van der Waals surface area contributed by atoms with E-state index in [1.54, 1.807) is 46.9 Å². The van der Waals surface area contributed by atoms with Crippen LogP contribution in [-0.4, -0.2) is 49.7 Å². The molecule has 13 heteroatoms. The minimum atomic E-state index is -1.49. The number of fused-ring (bicyclic) bond motifs is 1. The van der Waals surface area contributed by atoms with E-state index in [0.717, 1.165) is 33.3 Å². The Bertz CT molecular complexity index is 1330. The number of hydrogen-bond acceptors (Lipinski definition) is 12. The molecule has 3 aromatic rings. The summed E-state index contributed by atoms with van der Waals surface area (Å²) in [7, 11) is 0. The number of rotatable bonds is 7. The lowest BCUT2D eigenvalue weighted by Crippen LogP contribution is -2.40. The van der Waals surface area contributed by atoms with E-state index < -0.39 is 34.0 Å². The average Bonchev–Trinajstić information content (AvgIpc) is 3.37. The van der Waals surface area contributed by atoms with Gasteiger partial charge in [-0.05, 0) is 79.3 Å². The molecule has 0 aliphatic rings. The van der Waals surface area contributed by atoms with Crippen molar-refractivity contribution in [3.05, 3.63) is 35.3 Å². The minimum Gasteiger partial charge on any atom is -0.457 e. The van der Waals surface area contributed by atoms with Crippen molar-refractivity contribution in [3.8, 4) is 0 Å². The summed E-state index contributed by atoms with van der Waals surface area (Å²) in [6.07, 6.45) is -0.686. The SMILES string of the molecule is CC(C)(C)OC(=O)Nc1nc(C(=NOC(C)(C)C(=O)OC(C)(C)C)C(=O)Sc2nc3ccccc3s2)cs1. The molecule has 0 unspecified atom stereocenters. The zero-order valence-electron chi connectivity index (χ0n) is 22.4. The van der Waals surface area contributed by atoms with Gasteiger partial charge in [-0.25, -0.2) is 19.6 Å². The Morgan fingerprint density at radius 3 is 2.24 bits per heavy atom. The van der Waals surface area contributed by atoms with Crippen molar-refractivity contribution in [3.63, 3.8) is 0 Å². The highest BCUT2D eigenvalue weighted by Crippen LogP contribution is 2.31. The molecule has 0 aliphatic heterocycles. The van der Waals surface area contributed by atoms with Gasteiger partial charge in [0.2, 0.25) is 10.7 Å². The Morgan fingerprint density at radius 1 is 0.947 bits per heavy atom. The normalized spacial score (nSPS) is 12.8. The molecular formula is C25H30N4O6S3. The summed E-state index contributed by atoms with van der Waals surface area (Å²) >= 11 is 3.31. The van der Waals surface area contributed by atoms with Gasteiger partial charge >= 0.3 is 12.1 Å². The molecule has 10 nitrogen and oxygen atoms in total. The molecule has 0 saturated carbocycles. The highest BCUT2D eigenvalue weighted by molar-refractivity contribution is 8.16. The molecule has 204 valence electrons. The van der Waals surface area contributed by atoms with Crippen LogP contribution in [-0.2, 0) is 23.9 Å². The van der Waals surface area contributed by atoms with E-state index in [1.807, 2.05) is 24.3 Å². The summed E-state index contributed by atoms with van der Waals surface area (Å²) in [5.74, 6) is -0.648. The van der Waals surface area contributed by atoms with E-state index >= 15 is 0 Å². The molecule has 0 bridgehead atoms. The number of carbonyl (C=O) groups excluding carboxylic acids is 3. The van der Waals surface area contributed by atoms with Crippen LogP contribution in [0.25, 0.3) is 10.2 Å². The van der Waals surface area contributed by atoms with Crippen LogP contribution < -0.4 is 5.32 Å². The third kappa shape index (κ3) is 8.50. The number of oxime groups is 1. The standard InChI is InChI=1S/C25H30N4O6S3/c1-23(2,3)33-19(31)25(7,8)35-29-17(15-13-36-20(26-15)28-21(32)34-24(4,5)6)18(30)38-22-27-14-11-9-10-12-16(14)37-22/h9-13H,1-8H3,(H,26,28,32). The lowest BCUT2D eigenvalue weighted by molar-refractivity contribution is -0.179. The number of esters is 1. The minimum absolute atomic E-state index is 0.152. The summed E-state index contributed by atoms with van der Waals surface area (Å²) < 4.78 is 12.1. The van der Waals surface area contributed by atoms with Gasteiger partial charge in [0.15, 0.2) is 15.2 Å². The van der Waals surface area contributed by atoms with Gasteiger partial charge in [-0.15, -0.1) is 22.7 Å². The third-order valence-corrected chi connectivity index (χ3v) is 6.99. The Labute approximate surface area is 233 Å². The molecule has 38 heavy (non-hydrogen) atoms. The highest BCUT2D eigenvalue weighted by atomic mass is 32.2. The quantitative estimate of drug-likeness (QED) is 0.149. The molecule has 0 radical (unpaired) electrons. The summed E-state index contributed by atoms with van der Waals surface area (Å²) in [4.78, 5) is 52.5. The van der Waals surface area contributed by atoms with Crippen molar-refractivity contribution in [2.75, 3.05) is 5.32 Å². The molecule has 2 aromatic heterocycles. The number of carbonyl (C=O) groups is 3. The maximum atomic E-state index is 13.4. The summed E-state index contributed by atoms with van der Waals surface area (Å²) in [6.45, 7) is 13.4. The maximum absolute atomic E-state index is 13.4. The zero-order valence-corrected chi connectivity index (χ0v) is 24.9. The molecule has 2 heterocycles. The van der Waals surface area contributed by atoms with Crippen molar-refractivity contribution >= 4 is 72.7 Å². The van der Waals surface area contributed by atoms with E-state index in [0.29, 0.717) is 4.34 Å².